The van der Waals surface area contributed by atoms with Gasteiger partial charge in [0, 0.05) is 0 Å². The molecule has 0 N–H and O–H groups in total. The summed E-state index contributed by atoms with van der Waals surface area (Å²) >= 11 is 0. The van der Waals surface area contributed by atoms with Crippen LogP contribution in [0.1, 0.15) is 11.1 Å². The number of fused-ring (bicyclic) bond motifs is 1. The molecule has 0 aromatic heterocycles. The van der Waals surface area contributed by atoms with E-state index in [9.17, 15) is 0 Å². The molecule has 17 heavy (non-hydrogen) atoms. The molecule has 4 heteroatoms. The molecule has 0 heterocycles. The second-order valence-electron chi connectivity index (χ2n) is 4.80. The van der Waals surface area contributed by atoms with Crippen molar-refractivity contribution in [2.75, 3.05) is 0 Å². The maximum absolute atomic E-state index is 3.30. The summed E-state index contributed by atoms with van der Waals surface area (Å²) < 4.78 is 0. The van der Waals surface area contributed by atoms with Gasteiger partial charge in [0.1, 0.15) is 0 Å². The number of benzene rings is 1. The Balaban J connectivity index is 0. The molecular weight excluding hydrogens is 346 g/mol. The van der Waals surface area contributed by atoms with Crippen molar-refractivity contribution in [1.29, 1.82) is 0 Å². The Bertz CT molecular complexity index is 420. The molecule has 0 nitrogen and oxygen atoms in total. The van der Waals surface area contributed by atoms with Crippen LogP contribution in [0.25, 0.3) is 5.57 Å². The average Bonchev–Trinajstić information content (AvgIpc) is 2.47. The fraction of sp³-hybridized carbons (Fsp3) is 0.231. The molecule has 1 aliphatic carbocycles. The van der Waals surface area contributed by atoms with Crippen molar-refractivity contribution in [2.24, 2.45) is 0 Å². The zero-order chi connectivity index (χ0) is 10.2. The normalized spacial score (nSPS) is 14.4. The summed E-state index contributed by atoms with van der Waals surface area (Å²) in [6.07, 6.45) is 5.42. The van der Waals surface area contributed by atoms with Gasteiger partial charge in [-0.05, 0) is 0 Å². The van der Waals surface area contributed by atoms with Gasteiger partial charge >= 0.3 is 26.2 Å². The predicted octanol–water partition coefficient (Wildman–Crippen LogP) is -2.33. The molecule has 0 unspecified atom stereocenters. The first-order valence-corrected chi connectivity index (χ1v) is 8.56. The number of hydrogen-bond donors (Lipinski definition) is 0. The van der Waals surface area contributed by atoms with Crippen molar-refractivity contribution in [3.05, 3.63) is 53.2 Å². The zero-order valence-electron chi connectivity index (χ0n) is 10.2. The van der Waals surface area contributed by atoms with Crippen molar-refractivity contribution in [2.45, 2.75) is 19.6 Å². The fourth-order valence-electron chi connectivity index (χ4n) is 1.68. The van der Waals surface area contributed by atoms with Gasteiger partial charge in [-0.2, -0.15) is 5.56 Å². The van der Waals surface area contributed by atoms with E-state index in [0.717, 1.165) is 0 Å². The molecule has 1 aromatic rings. The minimum absolute atomic E-state index is 0. The van der Waals surface area contributed by atoms with Crippen molar-refractivity contribution in [1.82, 2.24) is 0 Å². The summed E-state index contributed by atoms with van der Waals surface area (Å²) in [5.41, 5.74) is 6.37. The molecular formula is C13H15Cl2SiZr. The summed E-state index contributed by atoms with van der Waals surface area (Å²) in [4.78, 5) is 0. The Morgan fingerprint density at radius 1 is 1.06 bits per heavy atom. The van der Waals surface area contributed by atoms with Gasteiger partial charge < -0.3 is 24.8 Å². The van der Waals surface area contributed by atoms with Crippen molar-refractivity contribution in [3.8, 4) is 0 Å². The van der Waals surface area contributed by atoms with E-state index in [2.05, 4.69) is 61.8 Å². The molecule has 0 amide bonds. The second-order valence-corrected chi connectivity index (χ2v) is 9.82. The quantitative estimate of drug-likeness (QED) is 0.389. The third-order valence-electron chi connectivity index (χ3n) is 2.21. The first-order valence-electron chi connectivity index (χ1n) is 4.98. The number of allylic oxidation sites excluding steroid dienone is 2. The van der Waals surface area contributed by atoms with Crippen LogP contribution in [0.5, 0.6) is 0 Å². The average molecular weight is 361 g/mol. The van der Waals surface area contributed by atoms with Crippen molar-refractivity contribution < 1.29 is 51.0 Å². The van der Waals surface area contributed by atoms with Crippen LogP contribution in [0.2, 0.25) is 19.6 Å². The summed E-state index contributed by atoms with van der Waals surface area (Å²) in [5.74, 6) is 0. The Labute approximate surface area is 137 Å². The third-order valence-corrected chi connectivity index (χ3v) is 3.39. The van der Waals surface area contributed by atoms with Crippen LogP contribution in [-0.2, 0) is 26.2 Å². The van der Waals surface area contributed by atoms with E-state index < -0.39 is 8.07 Å². The predicted molar refractivity (Wildman–Crippen MR) is 64.7 cm³/mol. The molecule has 1 aromatic carbocycles. The van der Waals surface area contributed by atoms with E-state index in [4.69, 9.17) is 0 Å². The van der Waals surface area contributed by atoms with Crippen LogP contribution in [0, 0.1) is 6.08 Å². The first kappa shape index (κ1) is 19.7. The first-order chi connectivity index (χ1) is 6.56. The van der Waals surface area contributed by atoms with Crippen molar-refractivity contribution >= 4 is 13.6 Å². The monoisotopic (exact) mass is 359 g/mol. The minimum atomic E-state index is -1.12. The van der Waals surface area contributed by atoms with Gasteiger partial charge in [0.15, 0.2) is 0 Å². The van der Waals surface area contributed by atoms with Crippen molar-refractivity contribution in [3.63, 3.8) is 0 Å². The van der Waals surface area contributed by atoms with Gasteiger partial charge in [-0.25, -0.2) is 0 Å². The maximum Gasteiger partial charge on any atom is 3.00 e. The molecule has 0 atom stereocenters. The van der Waals surface area contributed by atoms with Gasteiger partial charge in [-0.3, -0.25) is 0 Å². The van der Waals surface area contributed by atoms with Crippen LogP contribution < -0.4 is 24.8 Å². The maximum atomic E-state index is 3.30. The SMILES string of the molecule is C[Si](C)(C)C=C1C=[C-]c2ccccc21.[Cl-].[Cl-].[Zr+3]. The summed E-state index contributed by atoms with van der Waals surface area (Å²) in [6.45, 7) is 7.07. The van der Waals surface area contributed by atoms with Crippen LogP contribution in [0.15, 0.2) is 36.0 Å². The van der Waals surface area contributed by atoms with E-state index in [0.29, 0.717) is 0 Å². The molecule has 0 spiro atoms. The molecule has 1 radical (unpaired) electrons. The molecule has 1 aliphatic rings. The largest absolute Gasteiger partial charge is 3.00 e. The Hall–Kier alpha value is 0.380. The van der Waals surface area contributed by atoms with E-state index >= 15 is 0 Å². The molecule has 0 aliphatic heterocycles. The topological polar surface area (TPSA) is 0 Å². The smallest absolute Gasteiger partial charge is 1.00 e. The summed E-state index contributed by atoms with van der Waals surface area (Å²) in [5, 5.41) is 0. The van der Waals surface area contributed by atoms with Crippen LogP contribution >= 0.6 is 0 Å². The van der Waals surface area contributed by atoms with Crippen LogP contribution in [0.3, 0.4) is 0 Å². The number of rotatable bonds is 1. The van der Waals surface area contributed by atoms with E-state index in [1.54, 1.807) is 0 Å². The number of hydrogen-bond acceptors (Lipinski definition) is 0. The summed E-state index contributed by atoms with van der Waals surface area (Å²) in [7, 11) is -1.12. The molecule has 2 rings (SSSR count). The Kier molecular flexibility index (Phi) is 8.97. The zero-order valence-corrected chi connectivity index (χ0v) is 15.2. The van der Waals surface area contributed by atoms with Gasteiger partial charge in [0.05, 0.1) is 8.07 Å². The molecule has 0 fully saturated rings. The molecule has 0 saturated heterocycles. The third kappa shape index (κ3) is 5.26. The molecule has 0 saturated carbocycles. The van der Waals surface area contributed by atoms with Crippen LogP contribution in [0.4, 0.5) is 0 Å². The van der Waals surface area contributed by atoms with Crippen LogP contribution in [-0.4, -0.2) is 8.07 Å². The fourth-order valence-corrected chi connectivity index (χ4v) is 2.85. The Morgan fingerprint density at radius 2 is 1.65 bits per heavy atom. The number of halogens is 2. The molecule has 89 valence electrons. The standard InChI is InChI=1S/C13H15Si.2ClH.Zr/c1-14(2,3)10-12-9-8-11-6-4-5-7-13(11)12;;;/h4-7,9-10H,1-3H3;2*1H;/q-1;;;+3/p-2. The van der Waals surface area contributed by atoms with Gasteiger partial charge in [-0.1, -0.05) is 25.7 Å². The second kappa shape index (κ2) is 7.74. The van der Waals surface area contributed by atoms with Gasteiger partial charge in [0.25, 0.3) is 0 Å². The Morgan fingerprint density at radius 3 is 2.24 bits per heavy atom. The van der Waals surface area contributed by atoms with Gasteiger partial charge in [-0.15, -0.1) is 47.2 Å². The minimum Gasteiger partial charge on any atom is -1.00 e. The van der Waals surface area contributed by atoms with Gasteiger partial charge in [0.2, 0.25) is 0 Å². The summed E-state index contributed by atoms with van der Waals surface area (Å²) in [6, 6.07) is 8.46. The molecule has 0 bridgehead atoms. The van der Waals surface area contributed by atoms with E-state index in [-0.39, 0.29) is 51.0 Å². The van der Waals surface area contributed by atoms with E-state index in [1.807, 2.05) is 0 Å². The van der Waals surface area contributed by atoms with E-state index in [1.165, 1.54) is 16.7 Å².